The van der Waals surface area contributed by atoms with Crippen molar-refractivity contribution in [2.24, 2.45) is 0 Å². The number of unbranched alkanes of at least 4 members (excludes halogenated alkanes) is 18. The van der Waals surface area contributed by atoms with Crippen LogP contribution in [0.3, 0.4) is 0 Å². The average Bonchev–Trinajstić information content (AvgIpc) is 3.30. The maximum atomic E-state index is 12.8. The van der Waals surface area contributed by atoms with Crippen LogP contribution in [-0.2, 0) is 23.7 Å². The van der Waals surface area contributed by atoms with E-state index in [1.54, 1.807) is 0 Å². The zero-order chi connectivity index (χ0) is 46.4. The molecule has 1 saturated heterocycles. The molecule has 0 bridgehead atoms. The molecule has 1 heterocycles. The van der Waals surface area contributed by atoms with Crippen LogP contribution in [0.15, 0.2) is 85.1 Å². The van der Waals surface area contributed by atoms with Crippen molar-refractivity contribution in [3.8, 4) is 0 Å². The third-order valence-electron chi connectivity index (χ3n) is 11.3. The maximum Gasteiger partial charge on any atom is 0.306 e. The van der Waals surface area contributed by atoms with Gasteiger partial charge in [-0.1, -0.05) is 182 Å². The lowest BCUT2D eigenvalue weighted by atomic mass is 9.99. The van der Waals surface area contributed by atoms with Gasteiger partial charge in [0.05, 0.1) is 19.8 Å². The molecule has 0 aliphatic carbocycles. The van der Waals surface area contributed by atoms with Crippen molar-refractivity contribution in [1.29, 1.82) is 0 Å². The van der Waals surface area contributed by atoms with E-state index in [0.717, 1.165) is 103 Å². The summed E-state index contributed by atoms with van der Waals surface area (Å²) in [5.41, 5.74) is 0. The van der Waals surface area contributed by atoms with Gasteiger partial charge in [-0.15, -0.1) is 0 Å². The number of hydrogen-bond donors (Lipinski definition) is 4. The van der Waals surface area contributed by atoms with Gasteiger partial charge in [0, 0.05) is 13.0 Å². The van der Waals surface area contributed by atoms with Gasteiger partial charge in [-0.25, -0.2) is 0 Å². The van der Waals surface area contributed by atoms with Crippen molar-refractivity contribution in [3.63, 3.8) is 0 Å². The highest BCUT2D eigenvalue weighted by molar-refractivity contribution is 5.69. The van der Waals surface area contributed by atoms with E-state index in [2.05, 4.69) is 98.9 Å². The molecule has 1 fully saturated rings. The van der Waals surface area contributed by atoms with Gasteiger partial charge in [0.2, 0.25) is 0 Å². The number of ether oxygens (including phenoxy) is 4. The van der Waals surface area contributed by atoms with E-state index in [0.29, 0.717) is 13.0 Å². The van der Waals surface area contributed by atoms with Crippen LogP contribution in [0.2, 0.25) is 0 Å². The summed E-state index contributed by atoms with van der Waals surface area (Å²) < 4.78 is 22.9. The molecule has 64 heavy (non-hydrogen) atoms. The summed E-state index contributed by atoms with van der Waals surface area (Å²) in [7, 11) is 0. The summed E-state index contributed by atoms with van der Waals surface area (Å²) in [6.45, 7) is 4.40. The second-order valence-electron chi connectivity index (χ2n) is 17.2. The van der Waals surface area contributed by atoms with Gasteiger partial charge < -0.3 is 39.4 Å². The summed E-state index contributed by atoms with van der Waals surface area (Å²) in [4.78, 5) is 12.8. The highest BCUT2D eigenvalue weighted by atomic mass is 16.7. The normalized spacial score (nSPS) is 20.2. The molecule has 0 aromatic heterocycles. The van der Waals surface area contributed by atoms with E-state index in [1.165, 1.54) is 70.6 Å². The molecule has 4 N–H and O–H groups in total. The SMILES string of the molecule is CC/C=C\C/C=C\C/C=C\C/C=C\C/C=C\C/C=C\CCCCCCCCC(=O)OC(COCCCCCCCC/C=C\CCCCCCCC)COC1OC(CO)C(O)C(O)C1O. The van der Waals surface area contributed by atoms with Crippen LogP contribution < -0.4 is 0 Å². The Morgan fingerprint density at radius 3 is 1.45 bits per heavy atom. The Hall–Kier alpha value is -2.63. The second-order valence-corrected chi connectivity index (χ2v) is 17.2. The minimum atomic E-state index is -1.55. The van der Waals surface area contributed by atoms with Crippen LogP contribution in [0, 0.1) is 0 Å². The Morgan fingerprint density at radius 2 is 0.953 bits per heavy atom. The first-order valence-corrected chi connectivity index (χ1v) is 25.7. The third kappa shape index (κ3) is 35.6. The zero-order valence-electron chi connectivity index (χ0n) is 40.5. The van der Waals surface area contributed by atoms with E-state index in [9.17, 15) is 25.2 Å². The Labute approximate surface area is 390 Å². The first-order chi connectivity index (χ1) is 31.4. The number of aliphatic hydroxyl groups is 4. The quantitative estimate of drug-likeness (QED) is 0.0268. The molecule has 0 saturated carbocycles. The highest BCUT2D eigenvalue weighted by Gasteiger charge is 2.44. The summed E-state index contributed by atoms with van der Waals surface area (Å²) in [5, 5.41) is 40.2. The molecular formula is C55H94O9. The zero-order valence-corrected chi connectivity index (χ0v) is 40.5. The predicted octanol–water partition coefficient (Wildman–Crippen LogP) is 12.6. The summed E-state index contributed by atoms with van der Waals surface area (Å²) in [6, 6.07) is 0. The Morgan fingerprint density at radius 1 is 0.516 bits per heavy atom. The van der Waals surface area contributed by atoms with Gasteiger partial charge in [-0.3, -0.25) is 4.79 Å². The van der Waals surface area contributed by atoms with Gasteiger partial charge in [-0.2, -0.15) is 0 Å². The molecule has 9 heteroatoms. The van der Waals surface area contributed by atoms with E-state index in [1.807, 2.05) is 0 Å². The minimum Gasteiger partial charge on any atom is -0.457 e. The predicted molar refractivity (Wildman–Crippen MR) is 265 cm³/mol. The van der Waals surface area contributed by atoms with Gasteiger partial charge in [-0.05, 0) is 89.9 Å². The fourth-order valence-electron chi connectivity index (χ4n) is 7.31. The molecule has 0 spiro atoms. The topological polar surface area (TPSA) is 135 Å². The summed E-state index contributed by atoms with van der Waals surface area (Å²) in [6.07, 6.45) is 54.7. The summed E-state index contributed by atoms with van der Waals surface area (Å²) in [5.74, 6) is -0.332. The maximum absolute atomic E-state index is 12.8. The van der Waals surface area contributed by atoms with Crippen molar-refractivity contribution in [2.45, 2.75) is 230 Å². The van der Waals surface area contributed by atoms with Gasteiger partial charge in [0.15, 0.2) is 6.29 Å². The monoisotopic (exact) mass is 899 g/mol. The Balaban J connectivity index is 2.23. The van der Waals surface area contributed by atoms with Crippen LogP contribution in [-0.4, -0.2) is 89.6 Å². The molecule has 9 nitrogen and oxygen atoms in total. The van der Waals surface area contributed by atoms with Gasteiger partial charge in [0.1, 0.15) is 30.5 Å². The molecule has 0 radical (unpaired) electrons. The molecule has 0 aromatic rings. The van der Waals surface area contributed by atoms with Crippen molar-refractivity contribution < 1.29 is 44.2 Å². The highest BCUT2D eigenvalue weighted by Crippen LogP contribution is 2.22. The molecule has 1 rings (SSSR count). The number of esters is 1. The van der Waals surface area contributed by atoms with Crippen LogP contribution >= 0.6 is 0 Å². The van der Waals surface area contributed by atoms with Gasteiger partial charge >= 0.3 is 5.97 Å². The number of aliphatic hydroxyl groups excluding tert-OH is 4. The van der Waals surface area contributed by atoms with Crippen molar-refractivity contribution in [2.75, 3.05) is 26.4 Å². The second kappa shape index (κ2) is 45.5. The van der Waals surface area contributed by atoms with Crippen molar-refractivity contribution >= 4 is 5.97 Å². The largest absolute Gasteiger partial charge is 0.457 e. The fourth-order valence-corrected chi connectivity index (χ4v) is 7.31. The molecule has 0 amide bonds. The molecule has 1 aliphatic heterocycles. The summed E-state index contributed by atoms with van der Waals surface area (Å²) >= 11 is 0. The lowest BCUT2D eigenvalue weighted by molar-refractivity contribution is -0.305. The molecule has 1 aliphatic rings. The molecule has 368 valence electrons. The first kappa shape index (κ1) is 59.4. The number of carbonyl (C=O) groups is 1. The number of hydrogen-bond acceptors (Lipinski definition) is 9. The van der Waals surface area contributed by atoms with E-state index >= 15 is 0 Å². The molecule has 0 aromatic carbocycles. The fraction of sp³-hybridized carbons (Fsp3) is 0.727. The molecule has 6 atom stereocenters. The smallest absolute Gasteiger partial charge is 0.306 e. The number of allylic oxidation sites excluding steroid dienone is 14. The number of rotatable bonds is 43. The Bertz CT molecular complexity index is 1250. The minimum absolute atomic E-state index is 0.126. The van der Waals surface area contributed by atoms with Crippen molar-refractivity contribution in [3.05, 3.63) is 85.1 Å². The standard InChI is InChI=1S/C55H94O9/c1-3-5-7-9-11-13-15-17-19-21-22-23-24-25-26-27-28-29-30-32-34-36-38-40-42-44-51(57)63-49(48-62-55-54(60)53(59)52(58)50(46-56)64-55)47-61-45-43-41-39-37-35-33-31-20-18-16-14-12-10-8-6-4-2/h5,7,11,13,17-20,22-23,25-26,28-29,49-50,52-56,58-60H,3-4,6,8-10,12,14-16,21,24,27,30-48H2,1-2H3/b7-5-,13-11-,19-17-,20-18-,23-22-,26-25-,29-28-. The first-order valence-electron chi connectivity index (χ1n) is 25.7. The van der Waals surface area contributed by atoms with Crippen molar-refractivity contribution in [1.82, 2.24) is 0 Å². The Kier molecular flexibility index (Phi) is 42.2. The van der Waals surface area contributed by atoms with Crippen LogP contribution in [0.4, 0.5) is 0 Å². The number of carbonyl (C=O) groups excluding carboxylic acids is 1. The van der Waals surface area contributed by atoms with Crippen LogP contribution in [0.1, 0.15) is 194 Å². The lowest BCUT2D eigenvalue weighted by Crippen LogP contribution is -2.59. The molecule has 6 unspecified atom stereocenters. The third-order valence-corrected chi connectivity index (χ3v) is 11.3. The van der Waals surface area contributed by atoms with Crippen LogP contribution in [0.5, 0.6) is 0 Å². The lowest BCUT2D eigenvalue weighted by Gasteiger charge is -2.39. The van der Waals surface area contributed by atoms with E-state index < -0.39 is 43.4 Å². The van der Waals surface area contributed by atoms with E-state index in [4.69, 9.17) is 18.9 Å². The van der Waals surface area contributed by atoms with Gasteiger partial charge in [0.25, 0.3) is 0 Å². The van der Waals surface area contributed by atoms with Crippen LogP contribution in [0.25, 0.3) is 0 Å². The molecular weight excluding hydrogens is 805 g/mol. The average molecular weight is 899 g/mol. The van der Waals surface area contributed by atoms with E-state index in [-0.39, 0.29) is 19.2 Å².